The molecular formula is C10H14N6O2S. The molecule has 0 aliphatic carbocycles. The Kier molecular flexibility index (Phi) is 2.86. The molecule has 102 valence electrons. The maximum absolute atomic E-state index is 11.5. The van der Waals surface area contributed by atoms with Gasteiger partial charge in [0.05, 0.1) is 5.25 Å². The smallest absolute Gasteiger partial charge is 0.213 e. The lowest BCUT2D eigenvalue weighted by atomic mass is 10.1. The molecule has 1 fully saturated rings. The summed E-state index contributed by atoms with van der Waals surface area (Å²) in [4.78, 5) is 6.19. The van der Waals surface area contributed by atoms with Gasteiger partial charge in [-0.2, -0.15) is 0 Å². The summed E-state index contributed by atoms with van der Waals surface area (Å²) in [5.74, 6) is 0.647. The van der Waals surface area contributed by atoms with Crippen LogP contribution in [0.3, 0.4) is 0 Å². The fraction of sp³-hybridized carbons (Fsp3) is 0.500. The highest BCUT2D eigenvalue weighted by atomic mass is 32.2. The van der Waals surface area contributed by atoms with E-state index in [0.29, 0.717) is 24.4 Å². The van der Waals surface area contributed by atoms with Gasteiger partial charge in [0.15, 0.2) is 5.82 Å². The first-order valence-corrected chi connectivity index (χ1v) is 7.57. The number of nitrogens with two attached hydrogens (primary N) is 1. The van der Waals surface area contributed by atoms with Gasteiger partial charge in [-0.3, -0.25) is 4.40 Å². The standard InChI is InChI=1S/C10H14N6O2S/c11-19(17,18)8-2-1-4-15(6-8)9-10-14-13-7-16(10)5-3-12-9/h3,5,7-8H,1-2,4,6H2,(H2,11,17,18). The molecule has 9 heteroatoms. The zero-order valence-corrected chi connectivity index (χ0v) is 11.0. The number of nitrogens with zero attached hydrogens (tertiary/aromatic N) is 5. The van der Waals surface area contributed by atoms with Crippen LogP contribution < -0.4 is 10.0 Å². The quantitative estimate of drug-likeness (QED) is 0.787. The van der Waals surface area contributed by atoms with Crippen LogP contribution in [-0.2, 0) is 10.0 Å². The Morgan fingerprint density at radius 3 is 3.05 bits per heavy atom. The van der Waals surface area contributed by atoms with Gasteiger partial charge in [0.1, 0.15) is 6.33 Å². The van der Waals surface area contributed by atoms with E-state index in [9.17, 15) is 8.42 Å². The second kappa shape index (κ2) is 4.42. The highest BCUT2D eigenvalue weighted by Gasteiger charge is 2.29. The lowest BCUT2D eigenvalue weighted by Gasteiger charge is -2.32. The summed E-state index contributed by atoms with van der Waals surface area (Å²) in [7, 11) is -3.52. The predicted molar refractivity (Wildman–Crippen MR) is 69.1 cm³/mol. The molecule has 1 aliphatic heterocycles. The number of aromatic nitrogens is 4. The molecule has 3 heterocycles. The molecule has 1 aliphatic rings. The molecule has 2 aromatic rings. The molecule has 2 aromatic heterocycles. The van der Waals surface area contributed by atoms with Gasteiger partial charge in [0.2, 0.25) is 15.7 Å². The Balaban J connectivity index is 1.96. The molecule has 3 rings (SSSR count). The van der Waals surface area contributed by atoms with Gasteiger partial charge in [-0.25, -0.2) is 18.5 Å². The number of fused-ring (bicyclic) bond motifs is 1. The average Bonchev–Trinajstić information content (AvgIpc) is 2.86. The third-order valence-electron chi connectivity index (χ3n) is 3.34. The number of piperidine rings is 1. The van der Waals surface area contributed by atoms with E-state index in [1.165, 1.54) is 0 Å². The molecule has 1 atom stereocenters. The minimum absolute atomic E-state index is 0.346. The highest BCUT2D eigenvalue weighted by molar-refractivity contribution is 7.89. The van der Waals surface area contributed by atoms with Gasteiger partial charge in [-0.1, -0.05) is 0 Å². The number of primary sulfonamides is 1. The van der Waals surface area contributed by atoms with Crippen molar-refractivity contribution < 1.29 is 8.42 Å². The first-order chi connectivity index (χ1) is 9.05. The first-order valence-electron chi connectivity index (χ1n) is 5.96. The van der Waals surface area contributed by atoms with Gasteiger partial charge in [-0.05, 0) is 12.8 Å². The van der Waals surface area contributed by atoms with E-state index in [4.69, 9.17) is 5.14 Å². The van der Waals surface area contributed by atoms with Crippen molar-refractivity contribution in [1.29, 1.82) is 0 Å². The fourth-order valence-electron chi connectivity index (χ4n) is 2.37. The van der Waals surface area contributed by atoms with Crippen molar-refractivity contribution >= 4 is 21.5 Å². The maximum atomic E-state index is 11.5. The molecule has 0 spiro atoms. The fourth-order valence-corrected chi connectivity index (χ4v) is 3.25. The van der Waals surface area contributed by atoms with Crippen LogP contribution in [0.5, 0.6) is 0 Å². The summed E-state index contributed by atoms with van der Waals surface area (Å²) in [6, 6.07) is 0. The van der Waals surface area contributed by atoms with Crippen LogP contribution in [0.1, 0.15) is 12.8 Å². The average molecular weight is 282 g/mol. The van der Waals surface area contributed by atoms with Crippen LogP contribution in [0.15, 0.2) is 18.7 Å². The maximum Gasteiger partial charge on any atom is 0.213 e. The van der Waals surface area contributed by atoms with E-state index in [0.717, 1.165) is 13.0 Å². The number of anilines is 1. The third kappa shape index (κ3) is 2.26. The summed E-state index contributed by atoms with van der Waals surface area (Å²) in [6.07, 6.45) is 6.33. The zero-order valence-electron chi connectivity index (χ0n) is 10.2. The normalized spacial score (nSPS) is 20.9. The largest absolute Gasteiger partial charge is 0.352 e. The molecule has 19 heavy (non-hydrogen) atoms. The molecule has 0 radical (unpaired) electrons. The Hall–Kier alpha value is -1.74. The summed E-state index contributed by atoms with van der Waals surface area (Å²) in [5.41, 5.74) is 0.623. The van der Waals surface area contributed by atoms with Crippen LogP contribution in [-0.4, -0.2) is 46.3 Å². The first kappa shape index (κ1) is 12.3. The monoisotopic (exact) mass is 282 g/mol. The predicted octanol–water partition coefficient (Wildman–Crippen LogP) is -0.618. The Labute approximate surface area is 110 Å². The Bertz CT molecular complexity index is 697. The van der Waals surface area contributed by atoms with Gasteiger partial charge < -0.3 is 4.90 Å². The van der Waals surface area contributed by atoms with Crippen LogP contribution in [0.2, 0.25) is 0 Å². The van der Waals surface area contributed by atoms with Crippen molar-refractivity contribution in [1.82, 2.24) is 19.6 Å². The van der Waals surface area contributed by atoms with Gasteiger partial charge in [0.25, 0.3) is 0 Å². The minimum atomic E-state index is -3.52. The van der Waals surface area contributed by atoms with E-state index in [1.54, 1.807) is 23.1 Å². The second-order valence-electron chi connectivity index (χ2n) is 4.61. The lowest BCUT2D eigenvalue weighted by Crippen LogP contribution is -2.45. The molecule has 2 N–H and O–H groups in total. The van der Waals surface area contributed by atoms with E-state index < -0.39 is 15.3 Å². The molecule has 0 saturated carbocycles. The van der Waals surface area contributed by atoms with E-state index in [-0.39, 0.29) is 0 Å². The molecule has 0 amide bonds. The van der Waals surface area contributed by atoms with Gasteiger partial charge in [-0.15, -0.1) is 10.2 Å². The summed E-state index contributed by atoms with van der Waals surface area (Å²) < 4.78 is 24.7. The van der Waals surface area contributed by atoms with Crippen LogP contribution in [0, 0.1) is 0 Å². The van der Waals surface area contributed by atoms with Crippen molar-refractivity contribution in [3.05, 3.63) is 18.7 Å². The van der Waals surface area contributed by atoms with Crippen LogP contribution in [0.25, 0.3) is 5.65 Å². The minimum Gasteiger partial charge on any atom is -0.352 e. The van der Waals surface area contributed by atoms with Crippen LogP contribution >= 0.6 is 0 Å². The number of sulfonamides is 1. The molecule has 8 nitrogen and oxygen atoms in total. The molecule has 0 bridgehead atoms. The van der Waals surface area contributed by atoms with Crippen molar-refractivity contribution in [2.75, 3.05) is 18.0 Å². The second-order valence-corrected chi connectivity index (χ2v) is 6.46. The topological polar surface area (TPSA) is 106 Å². The molecule has 1 saturated heterocycles. The van der Waals surface area contributed by atoms with Crippen molar-refractivity contribution in [2.45, 2.75) is 18.1 Å². The summed E-state index contributed by atoms with van der Waals surface area (Å²) in [5, 5.41) is 12.5. The third-order valence-corrected chi connectivity index (χ3v) is 4.65. The summed E-state index contributed by atoms with van der Waals surface area (Å²) in [6.45, 7) is 1.09. The molecular weight excluding hydrogens is 268 g/mol. The number of hydrogen-bond donors (Lipinski definition) is 1. The molecule has 1 unspecified atom stereocenters. The van der Waals surface area contributed by atoms with E-state index >= 15 is 0 Å². The molecule has 0 aromatic carbocycles. The van der Waals surface area contributed by atoms with Crippen molar-refractivity contribution in [2.24, 2.45) is 5.14 Å². The highest BCUT2D eigenvalue weighted by Crippen LogP contribution is 2.23. The van der Waals surface area contributed by atoms with Gasteiger partial charge >= 0.3 is 0 Å². The lowest BCUT2D eigenvalue weighted by molar-refractivity contribution is 0.531. The van der Waals surface area contributed by atoms with Crippen molar-refractivity contribution in [3.63, 3.8) is 0 Å². The van der Waals surface area contributed by atoms with Gasteiger partial charge in [0, 0.05) is 25.5 Å². The zero-order chi connectivity index (χ0) is 13.5. The Morgan fingerprint density at radius 1 is 1.42 bits per heavy atom. The number of rotatable bonds is 2. The summed E-state index contributed by atoms with van der Waals surface area (Å²) >= 11 is 0. The van der Waals surface area contributed by atoms with E-state index in [2.05, 4.69) is 15.2 Å². The number of hydrogen-bond acceptors (Lipinski definition) is 6. The van der Waals surface area contributed by atoms with E-state index in [1.807, 2.05) is 4.90 Å². The SMILES string of the molecule is NS(=O)(=O)C1CCCN(c2nccn3cnnc23)C1. The Morgan fingerprint density at radius 2 is 2.26 bits per heavy atom. The van der Waals surface area contributed by atoms with Crippen LogP contribution in [0.4, 0.5) is 5.82 Å². The van der Waals surface area contributed by atoms with Crippen molar-refractivity contribution in [3.8, 4) is 0 Å².